The molecule has 4 N–H and O–H groups in total. The molecule has 0 spiro atoms. The molecular weight excluding hydrogens is 166 g/mol. The van der Waals surface area contributed by atoms with E-state index < -0.39 is 0 Å². The van der Waals surface area contributed by atoms with Gasteiger partial charge in [-0.2, -0.15) is 0 Å². The maximum absolute atomic E-state index is 11.4. The summed E-state index contributed by atoms with van der Waals surface area (Å²) in [6.07, 6.45) is 0. The Hall–Kier alpha value is -1.55. The monoisotopic (exact) mass is 179 g/mol. The van der Waals surface area contributed by atoms with Gasteiger partial charge < -0.3 is 5.73 Å². The average molecular weight is 179 g/mol. The first kappa shape index (κ1) is 9.54. The van der Waals surface area contributed by atoms with Crippen LogP contribution in [-0.4, -0.2) is 18.0 Å². The van der Waals surface area contributed by atoms with Crippen molar-refractivity contribution in [1.29, 1.82) is 0 Å². The molecule has 0 aliphatic rings. The van der Waals surface area contributed by atoms with Crippen LogP contribution in [0.4, 0.5) is 5.69 Å². The van der Waals surface area contributed by atoms with Gasteiger partial charge in [0.15, 0.2) is 0 Å². The first-order valence-corrected chi connectivity index (χ1v) is 3.91. The van der Waals surface area contributed by atoms with Crippen LogP contribution in [-0.2, 0) is 0 Å². The van der Waals surface area contributed by atoms with Crippen LogP contribution >= 0.6 is 0 Å². The third-order valence-corrected chi connectivity index (χ3v) is 1.76. The van der Waals surface area contributed by atoms with Gasteiger partial charge in [0.05, 0.1) is 5.56 Å². The van der Waals surface area contributed by atoms with E-state index in [-0.39, 0.29) is 5.91 Å². The number of hydrogen-bond donors (Lipinski definition) is 2. The van der Waals surface area contributed by atoms with E-state index in [0.717, 1.165) is 10.6 Å². The van der Waals surface area contributed by atoms with Crippen molar-refractivity contribution in [3.8, 4) is 0 Å². The van der Waals surface area contributed by atoms with Gasteiger partial charge in [-0.1, -0.05) is 11.6 Å². The number of amides is 1. The molecule has 0 fully saturated rings. The van der Waals surface area contributed by atoms with Gasteiger partial charge in [-0.3, -0.25) is 9.80 Å². The second-order valence-electron chi connectivity index (χ2n) is 3.01. The maximum Gasteiger partial charge on any atom is 0.269 e. The SMILES string of the molecule is Cc1ccc(N)c(C(=O)N(C)N)c1. The molecule has 0 radical (unpaired) electrons. The molecule has 0 heterocycles. The number of nitrogens with zero attached hydrogens (tertiary/aromatic N) is 1. The van der Waals surface area contributed by atoms with Crippen molar-refractivity contribution in [2.75, 3.05) is 12.8 Å². The lowest BCUT2D eigenvalue weighted by Crippen LogP contribution is -2.33. The van der Waals surface area contributed by atoms with Gasteiger partial charge >= 0.3 is 0 Å². The Morgan fingerprint density at radius 2 is 2.08 bits per heavy atom. The molecule has 0 bridgehead atoms. The van der Waals surface area contributed by atoms with Crippen molar-refractivity contribution < 1.29 is 4.79 Å². The van der Waals surface area contributed by atoms with Gasteiger partial charge in [-0.05, 0) is 19.1 Å². The molecule has 0 aromatic heterocycles. The Morgan fingerprint density at radius 1 is 1.46 bits per heavy atom. The number of hydrazine groups is 1. The topological polar surface area (TPSA) is 72.4 Å². The van der Waals surface area contributed by atoms with E-state index in [2.05, 4.69) is 0 Å². The standard InChI is InChI=1S/C9H13N3O/c1-6-3-4-8(10)7(5-6)9(13)12(2)11/h3-5H,10-11H2,1-2H3. The molecule has 4 nitrogen and oxygen atoms in total. The molecule has 0 aliphatic heterocycles. The van der Waals surface area contributed by atoms with E-state index in [4.69, 9.17) is 11.6 Å². The van der Waals surface area contributed by atoms with Gasteiger partial charge in [0.25, 0.3) is 5.91 Å². The molecule has 1 rings (SSSR count). The quantitative estimate of drug-likeness (QED) is 0.286. The third kappa shape index (κ3) is 1.97. The van der Waals surface area contributed by atoms with Crippen LogP contribution in [0.2, 0.25) is 0 Å². The molecule has 1 aromatic carbocycles. The highest BCUT2D eigenvalue weighted by atomic mass is 16.2. The largest absolute Gasteiger partial charge is 0.398 e. The molecule has 1 aromatic rings. The molecule has 1 amide bonds. The normalized spacial score (nSPS) is 9.77. The summed E-state index contributed by atoms with van der Waals surface area (Å²) in [5.41, 5.74) is 7.51. The van der Waals surface area contributed by atoms with Crippen LogP contribution in [0.25, 0.3) is 0 Å². The molecule has 4 heteroatoms. The number of nitrogens with two attached hydrogens (primary N) is 2. The minimum absolute atomic E-state index is 0.277. The summed E-state index contributed by atoms with van der Waals surface area (Å²) >= 11 is 0. The minimum atomic E-state index is -0.277. The first-order valence-electron chi connectivity index (χ1n) is 3.91. The zero-order valence-corrected chi connectivity index (χ0v) is 7.74. The van der Waals surface area contributed by atoms with Gasteiger partial charge in [-0.15, -0.1) is 0 Å². The summed E-state index contributed by atoms with van der Waals surface area (Å²) < 4.78 is 0. The average Bonchev–Trinajstić information content (AvgIpc) is 2.08. The molecule has 0 aliphatic carbocycles. The fourth-order valence-corrected chi connectivity index (χ4v) is 1.05. The highest BCUT2D eigenvalue weighted by Gasteiger charge is 2.11. The Morgan fingerprint density at radius 3 is 2.62 bits per heavy atom. The lowest BCUT2D eigenvalue weighted by molar-refractivity contribution is 0.0796. The van der Waals surface area contributed by atoms with Gasteiger partial charge in [-0.25, -0.2) is 5.84 Å². The number of carbonyl (C=O) groups excluding carboxylic acids is 1. The van der Waals surface area contributed by atoms with Gasteiger partial charge in [0, 0.05) is 12.7 Å². The van der Waals surface area contributed by atoms with Crippen molar-refractivity contribution in [2.24, 2.45) is 5.84 Å². The summed E-state index contributed by atoms with van der Waals surface area (Å²) in [5, 5.41) is 1.02. The molecule has 70 valence electrons. The summed E-state index contributed by atoms with van der Waals surface area (Å²) in [4.78, 5) is 11.4. The predicted octanol–water partition coefficient (Wildman–Crippen LogP) is 0.523. The fraction of sp³-hybridized carbons (Fsp3) is 0.222. The smallest absolute Gasteiger partial charge is 0.269 e. The van der Waals surface area contributed by atoms with Crippen LogP contribution < -0.4 is 11.6 Å². The molecule has 13 heavy (non-hydrogen) atoms. The number of aryl methyl sites for hydroxylation is 1. The van der Waals surface area contributed by atoms with Crippen LogP contribution in [0.15, 0.2) is 18.2 Å². The maximum atomic E-state index is 11.4. The van der Waals surface area contributed by atoms with Crippen molar-refractivity contribution in [1.82, 2.24) is 5.01 Å². The van der Waals surface area contributed by atoms with E-state index in [1.807, 2.05) is 13.0 Å². The molecule has 0 saturated heterocycles. The first-order chi connectivity index (χ1) is 6.02. The van der Waals surface area contributed by atoms with E-state index in [9.17, 15) is 4.79 Å². The summed E-state index contributed by atoms with van der Waals surface area (Å²) in [7, 11) is 1.49. The second kappa shape index (κ2) is 3.45. The summed E-state index contributed by atoms with van der Waals surface area (Å²) in [6.45, 7) is 1.90. The summed E-state index contributed by atoms with van der Waals surface area (Å²) in [5.74, 6) is 5.04. The van der Waals surface area contributed by atoms with Gasteiger partial charge in [0.1, 0.15) is 0 Å². The van der Waals surface area contributed by atoms with Crippen LogP contribution in [0.5, 0.6) is 0 Å². The predicted molar refractivity (Wildman–Crippen MR) is 51.9 cm³/mol. The van der Waals surface area contributed by atoms with E-state index in [0.29, 0.717) is 11.3 Å². The lowest BCUT2D eigenvalue weighted by Gasteiger charge is -2.11. The molecule has 0 unspecified atom stereocenters. The number of hydrogen-bond acceptors (Lipinski definition) is 3. The van der Waals surface area contributed by atoms with Gasteiger partial charge in [0.2, 0.25) is 0 Å². The zero-order chi connectivity index (χ0) is 10.0. The van der Waals surface area contributed by atoms with Crippen molar-refractivity contribution in [3.05, 3.63) is 29.3 Å². The number of benzene rings is 1. The third-order valence-electron chi connectivity index (χ3n) is 1.76. The Bertz CT molecular complexity index is 334. The number of anilines is 1. The minimum Gasteiger partial charge on any atom is -0.398 e. The van der Waals surface area contributed by atoms with E-state index in [1.165, 1.54) is 7.05 Å². The lowest BCUT2D eigenvalue weighted by atomic mass is 10.1. The molecule has 0 saturated carbocycles. The van der Waals surface area contributed by atoms with Crippen LogP contribution in [0.3, 0.4) is 0 Å². The Kier molecular flexibility index (Phi) is 2.53. The highest BCUT2D eigenvalue weighted by molar-refractivity contribution is 5.98. The number of rotatable bonds is 1. The number of carbonyl (C=O) groups is 1. The van der Waals surface area contributed by atoms with Crippen molar-refractivity contribution >= 4 is 11.6 Å². The highest BCUT2D eigenvalue weighted by Crippen LogP contribution is 2.14. The van der Waals surface area contributed by atoms with Crippen LogP contribution in [0, 0.1) is 6.92 Å². The molecule has 0 atom stereocenters. The Balaban J connectivity index is 3.13. The Labute approximate surface area is 77.1 Å². The van der Waals surface area contributed by atoms with E-state index >= 15 is 0 Å². The van der Waals surface area contributed by atoms with Crippen molar-refractivity contribution in [2.45, 2.75) is 6.92 Å². The fourth-order valence-electron chi connectivity index (χ4n) is 1.05. The van der Waals surface area contributed by atoms with E-state index in [1.54, 1.807) is 12.1 Å². The summed E-state index contributed by atoms with van der Waals surface area (Å²) in [6, 6.07) is 5.27. The second-order valence-corrected chi connectivity index (χ2v) is 3.01. The number of nitrogen functional groups attached to an aromatic ring is 1. The molecular formula is C9H13N3O. The zero-order valence-electron chi connectivity index (χ0n) is 7.74. The van der Waals surface area contributed by atoms with Crippen LogP contribution in [0.1, 0.15) is 15.9 Å². The van der Waals surface area contributed by atoms with Crippen molar-refractivity contribution in [3.63, 3.8) is 0 Å².